The van der Waals surface area contributed by atoms with Gasteiger partial charge < -0.3 is 5.32 Å². The molecule has 4 heteroatoms. The second-order valence-electron chi connectivity index (χ2n) is 4.38. The van der Waals surface area contributed by atoms with Crippen LogP contribution in [0.4, 0.5) is 5.69 Å². The molecular formula is C15H13BrClNO. The third-order valence-corrected chi connectivity index (χ3v) is 3.86. The highest BCUT2D eigenvalue weighted by Crippen LogP contribution is 2.23. The van der Waals surface area contributed by atoms with Crippen LogP contribution in [0, 0.1) is 13.8 Å². The fourth-order valence-electron chi connectivity index (χ4n) is 1.69. The van der Waals surface area contributed by atoms with Crippen molar-refractivity contribution in [3.8, 4) is 0 Å². The number of halogens is 2. The predicted octanol–water partition coefficient (Wildman–Crippen LogP) is 4.97. The molecule has 98 valence electrons. The van der Waals surface area contributed by atoms with E-state index in [1.807, 2.05) is 32.0 Å². The average molecular weight is 339 g/mol. The number of aryl methyl sites for hydroxylation is 2. The Morgan fingerprint density at radius 2 is 1.84 bits per heavy atom. The SMILES string of the molecule is Cc1ccc(NC(=O)c2cc(Cl)ccc2Br)cc1C. The molecule has 0 radical (unpaired) electrons. The molecule has 0 aliphatic heterocycles. The molecule has 1 N–H and O–H groups in total. The van der Waals surface area contributed by atoms with Crippen molar-refractivity contribution in [2.75, 3.05) is 5.32 Å². The van der Waals surface area contributed by atoms with E-state index in [0.29, 0.717) is 10.6 Å². The zero-order valence-electron chi connectivity index (χ0n) is 10.6. The molecule has 0 aliphatic rings. The lowest BCUT2D eigenvalue weighted by Crippen LogP contribution is -2.12. The second-order valence-corrected chi connectivity index (χ2v) is 5.67. The van der Waals surface area contributed by atoms with E-state index in [1.54, 1.807) is 18.2 Å². The Balaban J connectivity index is 2.25. The molecule has 2 aromatic rings. The number of amides is 1. The molecule has 0 saturated heterocycles. The molecule has 0 aromatic heterocycles. The summed E-state index contributed by atoms with van der Waals surface area (Å²) in [7, 11) is 0. The first-order valence-corrected chi connectivity index (χ1v) is 6.98. The Hall–Kier alpha value is -1.32. The first-order valence-electron chi connectivity index (χ1n) is 5.81. The van der Waals surface area contributed by atoms with E-state index in [-0.39, 0.29) is 5.91 Å². The van der Waals surface area contributed by atoms with E-state index in [1.165, 1.54) is 5.56 Å². The summed E-state index contributed by atoms with van der Waals surface area (Å²) in [6, 6.07) is 11.0. The number of nitrogens with one attached hydrogen (secondary N) is 1. The highest BCUT2D eigenvalue weighted by molar-refractivity contribution is 9.10. The zero-order chi connectivity index (χ0) is 14.0. The molecule has 0 heterocycles. The van der Waals surface area contributed by atoms with Crippen molar-refractivity contribution in [1.29, 1.82) is 0 Å². The number of carbonyl (C=O) groups excluding carboxylic acids is 1. The first kappa shape index (κ1) is 14.1. The Labute approximate surface area is 125 Å². The summed E-state index contributed by atoms with van der Waals surface area (Å²) in [6.45, 7) is 4.05. The number of carbonyl (C=O) groups is 1. The van der Waals surface area contributed by atoms with Gasteiger partial charge in [-0.3, -0.25) is 4.79 Å². The van der Waals surface area contributed by atoms with Crippen molar-refractivity contribution < 1.29 is 4.79 Å². The van der Waals surface area contributed by atoms with Gasteiger partial charge in [0.15, 0.2) is 0 Å². The first-order chi connectivity index (χ1) is 8.97. The molecule has 0 saturated carbocycles. The van der Waals surface area contributed by atoms with Gasteiger partial charge in [-0.1, -0.05) is 17.7 Å². The Morgan fingerprint density at radius 1 is 1.11 bits per heavy atom. The molecule has 2 aromatic carbocycles. The Bertz CT molecular complexity index is 640. The van der Waals surface area contributed by atoms with Gasteiger partial charge in [0, 0.05) is 15.2 Å². The van der Waals surface area contributed by atoms with Crippen LogP contribution >= 0.6 is 27.5 Å². The largest absolute Gasteiger partial charge is 0.322 e. The molecule has 1 amide bonds. The van der Waals surface area contributed by atoms with Crippen LogP contribution < -0.4 is 5.32 Å². The highest BCUT2D eigenvalue weighted by atomic mass is 79.9. The third kappa shape index (κ3) is 3.37. The van der Waals surface area contributed by atoms with Gasteiger partial charge in [-0.25, -0.2) is 0 Å². The van der Waals surface area contributed by atoms with Crippen LogP contribution in [-0.2, 0) is 0 Å². The van der Waals surface area contributed by atoms with Crippen molar-refractivity contribution in [3.63, 3.8) is 0 Å². The van der Waals surface area contributed by atoms with E-state index in [4.69, 9.17) is 11.6 Å². The summed E-state index contributed by atoms with van der Waals surface area (Å²) in [5.74, 6) is -0.183. The number of hydrogen-bond donors (Lipinski definition) is 1. The number of hydrogen-bond acceptors (Lipinski definition) is 1. The van der Waals surface area contributed by atoms with Gasteiger partial charge in [-0.05, 0) is 71.2 Å². The van der Waals surface area contributed by atoms with E-state index >= 15 is 0 Å². The van der Waals surface area contributed by atoms with Crippen LogP contribution in [0.5, 0.6) is 0 Å². The summed E-state index contributed by atoms with van der Waals surface area (Å²) < 4.78 is 0.721. The van der Waals surface area contributed by atoms with Crippen LogP contribution in [0.1, 0.15) is 21.5 Å². The van der Waals surface area contributed by atoms with Gasteiger partial charge in [-0.15, -0.1) is 0 Å². The normalized spacial score (nSPS) is 10.3. The van der Waals surface area contributed by atoms with Crippen molar-refractivity contribution in [2.24, 2.45) is 0 Å². The van der Waals surface area contributed by atoms with E-state index < -0.39 is 0 Å². The summed E-state index contributed by atoms with van der Waals surface area (Å²) in [5.41, 5.74) is 3.63. The van der Waals surface area contributed by atoms with Crippen LogP contribution in [0.25, 0.3) is 0 Å². The zero-order valence-corrected chi connectivity index (χ0v) is 13.0. The molecule has 19 heavy (non-hydrogen) atoms. The topological polar surface area (TPSA) is 29.1 Å². The second kappa shape index (κ2) is 5.76. The molecule has 0 unspecified atom stereocenters. The lowest BCUT2D eigenvalue weighted by atomic mass is 10.1. The highest BCUT2D eigenvalue weighted by Gasteiger charge is 2.11. The Morgan fingerprint density at radius 3 is 2.53 bits per heavy atom. The molecule has 0 spiro atoms. The van der Waals surface area contributed by atoms with Crippen LogP contribution in [0.3, 0.4) is 0 Å². The molecule has 0 fully saturated rings. The van der Waals surface area contributed by atoms with E-state index in [2.05, 4.69) is 21.2 Å². The summed E-state index contributed by atoms with van der Waals surface area (Å²) in [6.07, 6.45) is 0. The van der Waals surface area contributed by atoms with Crippen molar-refractivity contribution in [1.82, 2.24) is 0 Å². The van der Waals surface area contributed by atoms with Crippen molar-refractivity contribution in [2.45, 2.75) is 13.8 Å². The summed E-state index contributed by atoms with van der Waals surface area (Å²) in [5, 5.41) is 3.40. The third-order valence-electron chi connectivity index (χ3n) is 2.94. The quantitative estimate of drug-likeness (QED) is 0.823. The summed E-state index contributed by atoms with van der Waals surface area (Å²) >= 11 is 9.26. The van der Waals surface area contributed by atoms with Gasteiger partial charge in [-0.2, -0.15) is 0 Å². The molecule has 2 rings (SSSR count). The van der Waals surface area contributed by atoms with E-state index in [0.717, 1.165) is 15.7 Å². The average Bonchev–Trinajstić information content (AvgIpc) is 2.36. The number of rotatable bonds is 2. The number of anilines is 1. The standard InChI is InChI=1S/C15H13BrClNO/c1-9-3-5-12(7-10(9)2)18-15(19)13-8-11(17)4-6-14(13)16/h3-8H,1-2H3,(H,18,19). The van der Waals surface area contributed by atoms with E-state index in [9.17, 15) is 4.79 Å². The fourth-order valence-corrected chi connectivity index (χ4v) is 2.29. The molecule has 0 aliphatic carbocycles. The van der Waals surface area contributed by atoms with Gasteiger partial charge in [0.2, 0.25) is 0 Å². The summed E-state index contributed by atoms with van der Waals surface area (Å²) in [4.78, 5) is 12.2. The van der Waals surface area contributed by atoms with Crippen LogP contribution in [0.15, 0.2) is 40.9 Å². The van der Waals surface area contributed by atoms with Gasteiger partial charge in [0.1, 0.15) is 0 Å². The smallest absolute Gasteiger partial charge is 0.256 e. The van der Waals surface area contributed by atoms with Crippen LogP contribution in [-0.4, -0.2) is 5.91 Å². The molecule has 0 atom stereocenters. The minimum Gasteiger partial charge on any atom is -0.322 e. The molecule has 0 bridgehead atoms. The van der Waals surface area contributed by atoms with Crippen molar-refractivity contribution in [3.05, 3.63) is 62.6 Å². The van der Waals surface area contributed by atoms with Gasteiger partial charge in [0.25, 0.3) is 5.91 Å². The van der Waals surface area contributed by atoms with Gasteiger partial charge in [0.05, 0.1) is 5.56 Å². The monoisotopic (exact) mass is 337 g/mol. The van der Waals surface area contributed by atoms with Gasteiger partial charge >= 0.3 is 0 Å². The lowest BCUT2D eigenvalue weighted by molar-refractivity contribution is 0.102. The minimum atomic E-state index is -0.183. The maximum atomic E-state index is 12.2. The molecular weight excluding hydrogens is 326 g/mol. The number of benzene rings is 2. The maximum Gasteiger partial charge on any atom is 0.256 e. The maximum absolute atomic E-state index is 12.2. The van der Waals surface area contributed by atoms with Crippen molar-refractivity contribution >= 4 is 39.1 Å². The van der Waals surface area contributed by atoms with Crippen LogP contribution in [0.2, 0.25) is 5.02 Å². The minimum absolute atomic E-state index is 0.183. The fraction of sp³-hybridized carbons (Fsp3) is 0.133. The predicted molar refractivity (Wildman–Crippen MR) is 83.0 cm³/mol. The lowest BCUT2D eigenvalue weighted by Gasteiger charge is -2.09. The molecule has 2 nitrogen and oxygen atoms in total. The Kier molecular flexibility index (Phi) is 4.27.